The monoisotopic (exact) mass is 392 g/mol. The van der Waals surface area contributed by atoms with Crippen LogP contribution in [-0.2, 0) is 11.0 Å². The zero-order valence-corrected chi connectivity index (χ0v) is 14.9. The molecule has 2 atom stereocenters. The van der Waals surface area contributed by atoms with Crippen LogP contribution in [0.3, 0.4) is 0 Å². The smallest absolute Gasteiger partial charge is 0.360 e. The summed E-state index contributed by atoms with van der Waals surface area (Å²) in [5.74, 6) is -0.321. The van der Waals surface area contributed by atoms with Gasteiger partial charge in [-0.15, -0.1) is 5.10 Å². The fourth-order valence-corrected chi connectivity index (χ4v) is 3.74. The van der Waals surface area contributed by atoms with Gasteiger partial charge >= 0.3 is 6.18 Å². The predicted molar refractivity (Wildman–Crippen MR) is 97.9 cm³/mol. The second-order valence-corrected chi connectivity index (χ2v) is 6.90. The molecule has 4 rings (SSSR count). The van der Waals surface area contributed by atoms with Crippen LogP contribution in [-0.4, -0.2) is 22.3 Å². The fourth-order valence-electron chi connectivity index (χ4n) is 3.36. The fraction of sp³-hybridized carbons (Fsp3) is 0.222. The number of hydrogen-bond donors (Lipinski definition) is 2. The van der Waals surface area contributed by atoms with Gasteiger partial charge in [-0.25, -0.2) is 0 Å². The first-order valence-corrected chi connectivity index (χ1v) is 9.36. The number of amides is 1. The first-order valence-electron chi connectivity index (χ1n) is 8.13. The lowest BCUT2D eigenvalue weighted by atomic mass is 9.95. The Morgan fingerprint density at radius 3 is 2.44 bits per heavy atom. The van der Waals surface area contributed by atoms with E-state index in [0.29, 0.717) is 16.4 Å². The van der Waals surface area contributed by atoms with Crippen LogP contribution in [0.25, 0.3) is 0 Å². The van der Waals surface area contributed by atoms with Gasteiger partial charge in [0.25, 0.3) is 5.91 Å². The highest BCUT2D eigenvalue weighted by molar-refractivity contribution is 8.13. The number of hydrogen-bond acceptors (Lipinski definition) is 5. The van der Waals surface area contributed by atoms with Crippen molar-refractivity contribution in [2.24, 2.45) is 5.10 Å². The zero-order chi connectivity index (χ0) is 19.2. The molecular weight excluding hydrogens is 377 g/mol. The van der Waals surface area contributed by atoms with Gasteiger partial charge in [-0.05, 0) is 18.4 Å². The number of fused-ring (bicyclic) bond motifs is 3. The van der Waals surface area contributed by atoms with Crippen LogP contribution in [0.5, 0.6) is 0 Å². The van der Waals surface area contributed by atoms with E-state index in [4.69, 9.17) is 0 Å². The van der Waals surface area contributed by atoms with Gasteiger partial charge in [0.2, 0.25) is 0 Å². The van der Waals surface area contributed by atoms with Crippen molar-refractivity contribution in [3.8, 4) is 0 Å². The zero-order valence-electron chi connectivity index (χ0n) is 14.1. The normalized spacial score (nSPS) is 21.6. The highest BCUT2D eigenvalue weighted by atomic mass is 32.2. The molecule has 2 aliphatic rings. The van der Waals surface area contributed by atoms with Crippen molar-refractivity contribution >= 4 is 28.5 Å². The third-order valence-electron chi connectivity index (χ3n) is 4.52. The van der Waals surface area contributed by atoms with Crippen LogP contribution in [0.15, 0.2) is 53.6 Å². The molecule has 0 aromatic heterocycles. The second-order valence-electron chi connectivity index (χ2n) is 6.10. The van der Waals surface area contributed by atoms with Crippen LogP contribution in [0.2, 0.25) is 0 Å². The summed E-state index contributed by atoms with van der Waals surface area (Å²) in [4.78, 5) is 12.7. The van der Waals surface area contributed by atoms with Crippen molar-refractivity contribution in [1.82, 2.24) is 10.3 Å². The van der Waals surface area contributed by atoms with Crippen LogP contribution in [0, 0.1) is 0 Å². The maximum Gasteiger partial charge on any atom is 0.416 e. The number of anilines is 1. The largest absolute Gasteiger partial charge is 0.416 e. The van der Waals surface area contributed by atoms with Gasteiger partial charge in [-0.1, -0.05) is 48.2 Å². The van der Waals surface area contributed by atoms with Crippen molar-refractivity contribution in [1.29, 1.82) is 0 Å². The van der Waals surface area contributed by atoms with E-state index in [2.05, 4.69) is 15.7 Å². The van der Waals surface area contributed by atoms with Crippen LogP contribution >= 0.6 is 11.8 Å². The quantitative estimate of drug-likeness (QED) is 0.772. The molecule has 2 aliphatic heterocycles. The third kappa shape index (κ3) is 3.01. The maximum atomic E-state index is 13.6. The van der Waals surface area contributed by atoms with Crippen molar-refractivity contribution in [3.05, 3.63) is 65.2 Å². The van der Waals surface area contributed by atoms with Gasteiger partial charge in [-0.2, -0.15) is 13.2 Å². The Labute approximate surface area is 157 Å². The summed E-state index contributed by atoms with van der Waals surface area (Å²) in [5, 5.41) is 12.0. The summed E-state index contributed by atoms with van der Waals surface area (Å²) >= 11 is 1.22. The summed E-state index contributed by atoms with van der Waals surface area (Å²) in [5.41, 5.74) is 0.536. The van der Waals surface area contributed by atoms with Crippen molar-refractivity contribution in [2.45, 2.75) is 18.4 Å². The molecule has 0 radical (unpaired) electrons. The first kappa shape index (κ1) is 17.7. The lowest BCUT2D eigenvalue weighted by molar-refractivity contribution is -0.139. The lowest BCUT2D eigenvalue weighted by Gasteiger charge is -2.44. The van der Waals surface area contributed by atoms with Crippen molar-refractivity contribution in [3.63, 3.8) is 0 Å². The first-order chi connectivity index (χ1) is 12.9. The van der Waals surface area contributed by atoms with Gasteiger partial charge in [0.1, 0.15) is 6.17 Å². The minimum atomic E-state index is -4.52. The summed E-state index contributed by atoms with van der Waals surface area (Å²) in [7, 11) is 0. The number of halogens is 3. The lowest BCUT2D eigenvalue weighted by Crippen LogP contribution is -2.51. The molecule has 2 heterocycles. The van der Waals surface area contributed by atoms with Gasteiger partial charge in [0.15, 0.2) is 11.2 Å². The minimum Gasteiger partial charge on any atom is -0.360 e. The standard InChI is InChI=1S/C18H15F3N4OS/c1-27-17-23-16(26)14-11-7-3-5-9-13(11)22-15(25(14)24-17)10-6-2-4-8-12(10)18(19,20)21/h2-9,14-15,22H,1H3,(H,23,24,26)/t14-,15+/m1/s1. The average Bonchev–Trinajstić information content (AvgIpc) is 2.66. The number of thioether (sulfide) groups is 1. The second kappa shape index (κ2) is 6.49. The van der Waals surface area contributed by atoms with E-state index in [0.717, 1.165) is 6.07 Å². The van der Waals surface area contributed by atoms with Gasteiger partial charge in [-0.3, -0.25) is 9.80 Å². The molecule has 2 aromatic rings. The van der Waals surface area contributed by atoms with Crippen molar-refractivity contribution in [2.75, 3.05) is 11.6 Å². The number of rotatable bonds is 1. The summed E-state index contributed by atoms with van der Waals surface area (Å²) in [6.07, 6.45) is -3.71. The Kier molecular flexibility index (Phi) is 4.26. The Bertz CT molecular complexity index is 931. The molecule has 0 bridgehead atoms. The molecule has 0 fully saturated rings. The molecule has 1 amide bonds. The van der Waals surface area contributed by atoms with E-state index < -0.39 is 23.9 Å². The molecule has 9 heteroatoms. The van der Waals surface area contributed by atoms with E-state index in [1.165, 1.54) is 28.9 Å². The Morgan fingerprint density at radius 2 is 1.74 bits per heavy atom. The summed E-state index contributed by atoms with van der Waals surface area (Å²) in [6.45, 7) is 0. The summed E-state index contributed by atoms with van der Waals surface area (Å²) in [6, 6.07) is 11.6. The van der Waals surface area contributed by atoms with E-state index in [-0.39, 0.29) is 11.5 Å². The number of amidine groups is 1. The average molecular weight is 392 g/mol. The molecule has 0 unspecified atom stereocenters. The number of nitrogens with zero attached hydrogens (tertiary/aromatic N) is 2. The van der Waals surface area contributed by atoms with E-state index in [1.54, 1.807) is 36.6 Å². The molecule has 27 heavy (non-hydrogen) atoms. The van der Waals surface area contributed by atoms with E-state index in [9.17, 15) is 18.0 Å². The van der Waals surface area contributed by atoms with Gasteiger partial charge < -0.3 is 10.6 Å². The number of hydrazone groups is 1. The predicted octanol–water partition coefficient (Wildman–Crippen LogP) is 3.94. The minimum absolute atomic E-state index is 0.0170. The Balaban J connectivity index is 1.90. The van der Waals surface area contributed by atoms with Gasteiger partial charge in [0.05, 0.1) is 5.56 Å². The Hall–Kier alpha value is -2.68. The van der Waals surface area contributed by atoms with E-state index in [1.807, 2.05) is 0 Å². The molecule has 140 valence electrons. The topological polar surface area (TPSA) is 56.7 Å². The van der Waals surface area contributed by atoms with Gasteiger partial charge in [0, 0.05) is 16.8 Å². The molecule has 0 saturated carbocycles. The molecule has 0 spiro atoms. The number of benzene rings is 2. The third-order valence-corrected chi connectivity index (χ3v) is 5.09. The number of nitrogens with one attached hydrogen (secondary N) is 2. The van der Waals surface area contributed by atoms with Crippen LogP contribution in [0.4, 0.5) is 18.9 Å². The molecule has 0 aliphatic carbocycles. The number of para-hydroxylation sites is 1. The highest BCUT2D eigenvalue weighted by Crippen LogP contribution is 2.45. The summed E-state index contributed by atoms with van der Waals surface area (Å²) < 4.78 is 40.7. The molecule has 0 saturated heterocycles. The van der Waals surface area contributed by atoms with Crippen molar-refractivity contribution < 1.29 is 18.0 Å². The highest BCUT2D eigenvalue weighted by Gasteiger charge is 2.44. The molecule has 5 nitrogen and oxygen atoms in total. The number of carbonyl (C=O) groups excluding carboxylic acids is 1. The molecule has 2 N–H and O–H groups in total. The number of carbonyl (C=O) groups is 1. The SMILES string of the molecule is CSC1=NN2[C@@H](c3ccccc3C(F)(F)F)Nc3ccccc3[C@@H]2C(=O)N1. The maximum absolute atomic E-state index is 13.6. The molecule has 2 aromatic carbocycles. The number of alkyl halides is 3. The van der Waals surface area contributed by atoms with Crippen LogP contribution in [0.1, 0.15) is 28.9 Å². The van der Waals surface area contributed by atoms with Crippen LogP contribution < -0.4 is 10.6 Å². The molecular formula is C18H15F3N4OS. The Morgan fingerprint density at radius 1 is 1.07 bits per heavy atom. The van der Waals surface area contributed by atoms with E-state index >= 15 is 0 Å².